The van der Waals surface area contributed by atoms with Gasteiger partial charge in [-0.05, 0) is 21.1 Å². The molecule has 3 heteroatoms. The Kier molecular flexibility index (Phi) is 3.19. The standard InChI is InChI=1S/C3H9N.C2H2O2/c1-4(2)3;3-2-1-4-2/h1-3H3;1H2. The molecule has 0 atom stereocenters. The second kappa shape index (κ2) is 3.43. The van der Waals surface area contributed by atoms with E-state index in [1.165, 1.54) is 0 Å². The Morgan fingerprint density at radius 3 is 1.62 bits per heavy atom. The third-order valence-corrected chi connectivity index (χ3v) is 0.262. The third-order valence-electron chi connectivity index (χ3n) is 0.262. The zero-order chi connectivity index (χ0) is 6.57. The Morgan fingerprint density at radius 2 is 1.62 bits per heavy atom. The molecule has 0 aromatic carbocycles. The highest BCUT2D eigenvalue weighted by Gasteiger charge is 2.15. The van der Waals surface area contributed by atoms with E-state index in [0.29, 0.717) is 6.61 Å². The number of cyclic esters (lactones) is 1. The predicted molar refractivity (Wildman–Crippen MR) is 30.6 cm³/mol. The van der Waals surface area contributed by atoms with Gasteiger partial charge in [-0.25, -0.2) is 4.79 Å². The first kappa shape index (κ1) is 7.43. The van der Waals surface area contributed by atoms with E-state index in [1.54, 1.807) is 0 Å². The molecule has 0 spiro atoms. The lowest BCUT2D eigenvalue weighted by Crippen LogP contribution is -1.99. The summed E-state index contributed by atoms with van der Waals surface area (Å²) in [7, 11) is 6.00. The van der Waals surface area contributed by atoms with Crippen molar-refractivity contribution in [1.82, 2.24) is 4.90 Å². The van der Waals surface area contributed by atoms with Crippen molar-refractivity contribution in [2.75, 3.05) is 27.7 Å². The molecule has 1 saturated heterocycles. The van der Waals surface area contributed by atoms with Gasteiger partial charge in [-0.2, -0.15) is 0 Å². The summed E-state index contributed by atoms with van der Waals surface area (Å²) in [5, 5.41) is 0. The molecule has 0 aromatic rings. The first-order valence-corrected chi connectivity index (χ1v) is 2.39. The zero-order valence-corrected chi connectivity index (χ0v) is 5.47. The van der Waals surface area contributed by atoms with Crippen molar-refractivity contribution in [3.63, 3.8) is 0 Å². The first-order valence-electron chi connectivity index (χ1n) is 2.39. The van der Waals surface area contributed by atoms with Crippen LogP contribution in [0, 0.1) is 0 Å². The van der Waals surface area contributed by atoms with Crippen molar-refractivity contribution in [3.05, 3.63) is 0 Å². The van der Waals surface area contributed by atoms with Crippen LogP contribution in [-0.2, 0) is 9.53 Å². The van der Waals surface area contributed by atoms with Crippen LogP contribution >= 0.6 is 0 Å². The summed E-state index contributed by atoms with van der Waals surface area (Å²) < 4.78 is 4.07. The average molecular weight is 117 g/mol. The van der Waals surface area contributed by atoms with Crippen LogP contribution in [0.15, 0.2) is 0 Å². The minimum absolute atomic E-state index is 0.0833. The van der Waals surface area contributed by atoms with Crippen LogP contribution in [0.1, 0.15) is 0 Å². The van der Waals surface area contributed by atoms with Gasteiger partial charge in [0.25, 0.3) is 0 Å². The molecule has 3 nitrogen and oxygen atoms in total. The van der Waals surface area contributed by atoms with Crippen molar-refractivity contribution in [1.29, 1.82) is 0 Å². The molecule has 0 aliphatic carbocycles. The van der Waals surface area contributed by atoms with E-state index in [9.17, 15) is 4.79 Å². The molecular formula is C5H11NO2. The van der Waals surface area contributed by atoms with Crippen molar-refractivity contribution in [3.8, 4) is 0 Å². The molecule has 1 aliphatic heterocycles. The lowest BCUT2D eigenvalue weighted by molar-refractivity contribution is -0.117. The molecule has 8 heavy (non-hydrogen) atoms. The van der Waals surface area contributed by atoms with Crippen LogP contribution in [-0.4, -0.2) is 38.6 Å². The number of epoxide rings is 1. The summed E-state index contributed by atoms with van der Waals surface area (Å²) in [5.74, 6) is -0.0833. The van der Waals surface area contributed by atoms with Gasteiger partial charge >= 0.3 is 5.97 Å². The maximum absolute atomic E-state index is 9.33. The maximum atomic E-state index is 9.33. The van der Waals surface area contributed by atoms with Crippen LogP contribution in [0.2, 0.25) is 0 Å². The van der Waals surface area contributed by atoms with E-state index < -0.39 is 0 Å². The number of rotatable bonds is 0. The first-order chi connectivity index (χ1) is 3.63. The van der Waals surface area contributed by atoms with Gasteiger partial charge in [0.05, 0.1) is 0 Å². The molecule has 0 bridgehead atoms. The van der Waals surface area contributed by atoms with Gasteiger partial charge in [0.1, 0.15) is 0 Å². The minimum Gasteiger partial charge on any atom is -0.451 e. The second-order valence-corrected chi connectivity index (χ2v) is 2.00. The number of hydrogen-bond donors (Lipinski definition) is 0. The summed E-state index contributed by atoms with van der Waals surface area (Å²) in [5.41, 5.74) is 0. The molecule has 0 radical (unpaired) electrons. The molecule has 0 N–H and O–H groups in total. The Hall–Kier alpha value is -0.570. The maximum Gasteiger partial charge on any atom is 0.344 e. The minimum atomic E-state index is -0.0833. The van der Waals surface area contributed by atoms with Crippen molar-refractivity contribution in [2.45, 2.75) is 0 Å². The highest BCUT2D eigenvalue weighted by molar-refractivity contribution is 5.82. The van der Waals surface area contributed by atoms with Crippen LogP contribution in [0.25, 0.3) is 0 Å². The molecule has 48 valence electrons. The molecular weight excluding hydrogens is 106 g/mol. The number of carbonyl (C=O) groups excluding carboxylic acids is 1. The van der Waals surface area contributed by atoms with Crippen molar-refractivity contribution >= 4 is 5.97 Å². The van der Waals surface area contributed by atoms with Gasteiger partial charge in [0.2, 0.25) is 0 Å². The molecule has 0 amide bonds. The SMILES string of the molecule is CN(C)C.O=C1CO1. The van der Waals surface area contributed by atoms with Gasteiger partial charge in [0.15, 0.2) is 6.61 Å². The predicted octanol–water partition coefficient (Wildman–Crippen LogP) is -0.279. The molecule has 1 rings (SSSR count). The smallest absolute Gasteiger partial charge is 0.344 e. The van der Waals surface area contributed by atoms with Crippen LogP contribution in [0.5, 0.6) is 0 Å². The lowest BCUT2D eigenvalue weighted by Gasteiger charge is -1.90. The van der Waals surface area contributed by atoms with Gasteiger partial charge in [-0.1, -0.05) is 0 Å². The summed E-state index contributed by atoms with van der Waals surface area (Å²) in [6, 6.07) is 0. The summed E-state index contributed by atoms with van der Waals surface area (Å²) >= 11 is 0. The molecule has 1 aliphatic rings. The highest BCUT2D eigenvalue weighted by Crippen LogP contribution is 1.90. The monoisotopic (exact) mass is 117 g/mol. The highest BCUT2D eigenvalue weighted by atomic mass is 16.6. The fourth-order valence-corrected chi connectivity index (χ4v) is 0.0295. The van der Waals surface area contributed by atoms with E-state index in [2.05, 4.69) is 4.74 Å². The quantitative estimate of drug-likeness (QED) is 0.409. The number of hydrogen-bond acceptors (Lipinski definition) is 3. The van der Waals surface area contributed by atoms with Gasteiger partial charge in [-0.3, -0.25) is 0 Å². The van der Waals surface area contributed by atoms with Crippen molar-refractivity contribution in [2.24, 2.45) is 0 Å². The Morgan fingerprint density at radius 1 is 1.50 bits per heavy atom. The lowest BCUT2D eigenvalue weighted by atomic mass is 11.0. The second-order valence-electron chi connectivity index (χ2n) is 2.00. The topological polar surface area (TPSA) is 32.8 Å². The normalized spacial score (nSPS) is 14.2. The Bertz CT molecular complexity index is 71.7. The molecule has 1 fully saturated rings. The summed E-state index contributed by atoms with van der Waals surface area (Å²) in [6.07, 6.45) is 0. The van der Waals surface area contributed by atoms with Crippen LogP contribution in [0.4, 0.5) is 0 Å². The number of ether oxygens (including phenoxy) is 1. The number of carbonyl (C=O) groups is 1. The summed E-state index contributed by atoms with van der Waals surface area (Å²) in [6.45, 7) is 0.347. The van der Waals surface area contributed by atoms with E-state index in [0.717, 1.165) is 0 Å². The Balaban J connectivity index is 0.000000122. The molecule has 0 aromatic heterocycles. The van der Waals surface area contributed by atoms with E-state index >= 15 is 0 Å². The van der Waals surface area contributed by atoms with E-state index in [1.807, 2.05) is 26.0 Å². The van der Waals surface area contributed by atoms with E-state index in [-0.39, 0.29) is 5.97 Å². The fourth-order valence-electron chi connectivity index (χ4n) is 0.0295. The van der Waals surface area contributed by atoms with Crippen LogP contribution < -0.4 is 0 Å². The number of nitrogens with zero attached hydrogens (tertiary/aromatic N) is 1. The fraction of sp³-hybridized carbons (Fsp3) is 0.800. The van der Waals surface area contributed by atoms with Gasteiger partial charge in [0, 0.05) is 0 Å². The Labute approximate surface area is 49.2 Å². The van der Waals surface area contributed by atoms with E-state index in [4.69, 9.17) is 0 Å². The zero-order valence-electron chi connectivity index (χ0n) is 5.47. The van der Waals surface area contributed by atoms with Crippen LogP contribution in [0.3, 0.4) is 0 Å². The summed E-state index contributed by atoms with van der Waals surface area (Å²) in [4.78, 5) is 11.3. The van der Waals surface area contributed by atoms with Crippen molar-refractivity contribution < 1.29 is 9.53 Å². The van der Waals surface area contributed by atoms with Gasteiger partial charge in [-0.15, -0.1) is 0 Å². The largest absolute Gasteiger partial charge is 0.451 e. The molecule has 0 saturated carbocycles. The average Bonchev–Trinajstić information content (AvgIpc) is 2.19. The third kappa shape index (κ3) is 18.0. The molecule has 1 heterocycles. The van der Waals surface area contributed by atoms with Gasteiger partial charge < -0.3 is 9.64 Å². The molecule has 0 unspecified atom stereocenters.